The van der Waals surface area contributed by atoms with E-state index in [9.17, 15) is 14.0 Å². The zero-order chi connectivity index (χ0) is 18.2. The number of amides is 1. The minimum absolute atomic E-state index is 0.177. The van der Waals surface area contributed by atoms with E-state index >= 15 is 0 Å². The monoisotopic (exact) mass is 367 g/mol. The van der Waals surface area contributed by atoms with Gasteiger partial charge in [-0.3, -0.25) is 9.59 Å². The average molecular weight is 367 g/mol. The summed E-state index contributed by atoms with van der Waals surface area (Å²) in [5, 5.41) is 3.00. The Morgan fingerprint density at radius 3 is 2.64 bits per heavy atom. The Kier molecular flexibility index (Phi) is 7.75. The molecule has 1 aromatic rings. The summed E-state index contributed by atoms with van der Waals surface area (Å²) in [6, 6.07) is 6.30. The van der Waals surface area contributed by atoms with E-state index in [0.29, 0.717) is 11.7 Å². The molecule has 3 atom stereocenters. The largest absolute Gasteiger partial charge is 0.453 e. The van der Waals surface area contributed by atoms with Crippen LogP contribution in [-0.4, -0.2) is 29.8 Å². The van der Waals surface area contributed by atoms with Crippen LogP contribution in [0.5, 0.6) is 0 Å². The van der Waals surface area contributed by atoms with Crippen LogP contribution in [0.1, 0.15) is 46.0 Å². The lowest BCUT2D eigenvalue weighted by molar-refractivity contribution is -0.154. The molecule has 1 aliphatic rings. The number of esters is 1. The van der Waals surface area contributed by atoms with E-state index in [1.807, 2.05) is 0 Å². The maximum absolute atomic E-state index is 12.8. The first-order valence-electron chi connectivity index (χ1n) is 8.84. The molecule has 0 unspecified atom stereocenters. The van der Waals surface area contributed by atoms with Crippen molar-refractivity contribution in [1.82, 2.24) is 5.32 Å². The first-order chi connectivity index (χ1) is 12.0. The average Bonchev–Trinajstić information content (AvgIpc) is 2.58. The van der Waals surface area contributed by atoms with Crippen molar-refractivity contribution < 1.29 is 18.7 Å². The predicted molar refractivity (Wildman–Crippen MR) is 96.9 cm³/mol. The molecule has 25 heavy (non-hydrogen) atoms. The second-order valence-electron chi connectivity index (χ2n) is 6.56. The molecule has 1 fully saturated rings. The van der Waals surface area contributed by atoms with Crippen molar-refractivity contribution >= 4 is 23.6 Å². The van der Waals surface area contributed by atoms with Gasteiger partial charge in [-0.15, -0.1) is 11.8 Å². The van der Waals surface area contributed by atoms with Gasteiger partial charge in [0.25, 0.3) is 5.91 Å². The summed E-state index contributed by atoms with van der Waals surface area (Å²) in [5.41, 5.74) is 0. The van der Waals surface area contributed by atoms with Gasteiger partial charge in [-0.05, 0) is 49.9 Å². The summed E-state index contributed by atoms with van der Waals surface area (Å²) < 4.78 is 18.0. The number of nitrogens with one attached hydrogen (secondary N) is 1. The summed E-state index contributed by atoms with van der Waals surface area (Å²) in [6.07, 6.45) is 3.88. The molecule has 0 radical (unpaired) electrons. The molecule has 6 heteroatoms. The van der Waals surface area contributed by atoms with Crippen LogP contribution in [0.25, 0.3) is 0 Å². The zero-order valence-electron chi connectivity index (χ0n) is 14.8. The van der Waals surface area contributed by atoms with Crippen LogP contribution in [0.3, 0.4) is 0 Å². The SMILES string of the molecule is C[C@@H](OC(=O)CCSc1ccc(F)cc1)C(=O)N[C@@H]1CCCC[C@@H]1C. The van der Waals surface area contributed by atoms with Gasteiger partial charge < -0.3 is 10.1 Å². The van der Waals surface area contributed by atoms with Gasteiger partial charge in [0.15, 0.2) is 6.10 Å². The van der Waals surface area contributed by atoms with E-state index < -0.39 is 12.1 Å². The Morgan fingerprint density at radius 1 is 1.28 bits per heavy atom. The van der Waals surface area contributed by atoms with Crippen LogP contribution in [0.15, 0.2) is 29.2 Å². The summed E-state index contributed by atoms with van der Waals surface area (Å²) in [4.78, 5) is 25.0. The number of benzene rings is 1. The molecule has 0 saturated heterocycles. The first kappa shape index (κ1) is 19.8. The Labute approximate surface area is 152 Å². The van der Waals surface area contributed by atoms with E-state index in [4.69, 9.17) is 4.74 Å². The Hall–Kier alpha value is -1.56. The van der Waals surface area contributed by atoms with Gasteiger partial charge in [0, 0.05) is 16.7 Å². The Bertz CT molecular complexity index is 579. The van der Waals surface area contributed by atoms with Gasteiger partial charge in [0.1, 0.15) is 5.82 Å². The third kappa shape index (κ3) is 6.69. The number of thioether (sulfide) groups is 1. The van der Waals surface area contributed by atoms with Gasteiger partial charge in [0.2, 0.25) is 0 Å². The maximum atomic E-state index is 12.8. The molecule has 1 aliphatic carbocycles. The summed E-state index contributed by atoms with van der Waals surface area (Å²) in [6.45, 7) is 3.75. The minimum Gasteiger partial charge on any atom is -0.453 e. The number of halogens is 1. The van der Waals surface area contributed by atoms with Crippen molar-refractivity contribution in [2.24, 2.45) is 5.92 Å². The van der Waals surface area contributed by atoms with Crippen molar-refractivity contribution in [3.05, 3.63) is 30.1 Å². The molecule has 1 saturated carbocycles. The number of hydrogen-bond acceptors (Lipinski definition) is 4. The highest BCUT2D eigenvalue weighted by atomic mass is 32.2. The van der Waals surface area contributed by atoms with E-state index in [1.165, 1.54) is 30.3 Å². The fourth-order valence-electron chi connectivity index (χ4n) is 2.92. The lowest BCUT2D eigenvalue weighted by Crippen LogP contribution is -2.46. The second kappa shape index (κ2) is 9.80. The van der Waals surface area contributed by atoms with E-state index in [2.05, 4.69) is 12.2 Å². The third-order valence-electron chi connectivity index (χ3n) is 4.51. The summed E-state index contributed by atoms with van der Waals surface area (Å²) in [5.74, 6) is 0.0918. The summed E-state index contributed by atoms with van der Waals surface area (Å²) >= 11 is 1.45. The Morgan fingerprint density at radius 2 is 1.96 bits per heavy atom. The lowest BCUT2D eigenvalue weighted by Gasteiger charge is -2.30. The number of rotatable bonds is 7. The van der Waals surface area contributed by atoms with E-state index in [-0.39, 0.29) is 24.2 Å². The van der Waals surface area contributed by atoms with Crippen LogP contribution in [0, 0.1) is 11.7 Å². The fourth-order valence-corrected chi connectivity index (χ4v) is 3.76. The van der Waals surface area contributed by atoms with Gasteiger partial charge >= 0.3 is 5.97 Å². The van der Waals surface area contributed by atoms with Crippen LogP contribution in [-0.2, 0) is 14.3 Å². The van der Waals surface area contributed by atoms with Gasteiger partial charge in [-0.1, -0.05) is 19.8 Å². The molecular weight excluding hydrogens is 341 g/mol. The van der Waals surface area contributed by atoms with Crippen molar-refractivity contribution in [1.29, 1.82) is 0 Å². The molecule has 1 amide bonds. The molecule has 2 rings (SSSR count). The molecule has 1 aromatic carbocycles. The van der Waals surface area contributed by atoms with Crippen LogP contribution >= 0.6 is 11.8 Å². The maximum Gasteiger partial charge on any atom is 0.307 e. The number of ether oxygens (including phenoxy) is 1. The molecule has 0 heterocycles. The molecule has 0 bridgehead atoms. The molecule has 1 N–H and O–H groups in total. The predicted octanol–water partition coefficient (Wildman–Crippen LogP) is 3.93. The topological polar surface area (TPSA) is 55.4 Å². The van der Waals surface area contributed by atoms with Crippen molar-refractivity contribution in [3.63, 3.8) is 0 Å². The molecule has 0 aromatic heterocycles. The highest BCUT2D eigenvalue weighted by Crippen LogP contribution is 2.24. The number of carbonyl (C=O) groups is 2. The highest BCUT2D eigenvalue weighted by molar-refractivity contribution is 7.99. The van der Waals surface area contributed by atoms with Gasteiger partial charge in [-0.2, -0.15) is 0 Å². The van der Waals surface area contributed by atoms with Crippen LogP contribution in [0.2, 0.25) is 0 Å². The molecule has 0 spiro atoms. The lowest BCUT2D eigenvalue weighted by atomic mass is 9.86. The molecule has 0 aliphatic heterocycles. The molecule has 4 nitrogen and oxygen atoms in total. The van der Waals surface area contributed by atoms with Crippen molar-refractivity contribution in [3.8, 4) is 0 Å². The molecule has 138 valence electrons. The fraction of sp³-hybridized carbons (Fsp3) is 0.579. The number of hydrogen-bond donors (Lipinski definition) is 1. The van der Waals surface area contributed by atoms with Crippen LogP contribution < -0.4 is 5.32 Å². The normalized spacial score (nSPS) is 21.4. The second-order valence-corrected chi connectivity index (χ2v) is 7.73. The first-order valence-corrected chi connectivity index (χ1v) is 9.82. The van der Waals surface area contributed by atoms with Gasteiger partial charge in [0.05, 0.1) is 6.42 Å². The Balaban J connectivity index is 1.68. The third-order valence-corrected chi connectivity index (χ3v) is 5.52. The van der Waals surface area contributed by atoms with E-state index in [0.717, 1.165) is 24.2 Å². The highest BCUT2D eigenvalue weighted by Gasteiger charge is 2.26. The summed E-state index contributed by atoms with van der Waals surface area (Å²) in [7, 11) is 0. The van der Waals surface area contributed by atoms with Crippen LogP contribution in [0.4, 0.5) is 4.39 Å². The zero-order valence-corrected chi connectivity index (χ0v) is 15.6. The number of carbonyl (C=O) groups excluding carboxylic acids is 2. The van der Waals surface area contributed by atoms with Crippen molar-refractivity contribution in [2.75, 3.05) is 5.75 Å². The minimum atomic E-state index is -0.780. The smallest absolute Gasteiger partial charge is 0.307 e. The van der Waals surface area contributed by atoms with E-state index in [1.54, 1.807) is 19.1 Å². The standard InChI is InChI=1S/C19H26FNO3S/c1-13-5-3-4-6-17(13)21-19(23)14(2)24-18(22)11-12-25-16-9-7-15(20)8-10-16/h7-10,13-14,17H,3-6,11-12H2,1-2H3,(H,21,23)/t13-,14+,17+/m0/s1. The van der Waals surface area contributed by atoms with Crippen molar-refractivity contribution in [2.45, 2.75) is 63.0 Å². The molecular formula is C19H26FNO3S. The van der Waals surface area contributed by atoms with Gasteiger partial charge in [-0.25, -0.2) is 4.39 Å². The quantitative estimate of drug-likeness (QED) is 0.586.